The third-order valence-corrected chi connectivity index (χ3v) is 4.32. The van der Waals surface area contributed by atoms with Gasteiger partial charge in [-0.05, 0) is 57.2 Å². The molecule has 1 aliphatic rings. The fraction of sp³-hybridized carbons (Fsp3) is 0.529. The van der Waals surface area contributed by atoms with E-state index in [1.807, 2.05) is 27.7 Å². The van der Waals surface area contributed by atoms with Crippen molar-refractivity contribution in [2.45, 2.75) is 59.5 Å². The molecule has 0 amide bonds. The van der Waals surface area contributed by atoms with E-state index in [1.165, 1.54) is 6.92 Å². The molecule has 1 atom stereocenters. The molecular formula is C17H22O4. The van der Waals surface area contributed by atoms with Crippen molar-refractivity contribution >= 4 is 12.3 Å². The number of carbonyl (C=O) groups excluding carboxylic acids is 2. The van der Waals surface area contributed by atoms with Crippen LogP contribution in [0, 0.1) is 20.8 Å². The van der Waals surface area contributed by atoms with Gasteiger partial charge in [-0.2, -0.15) is 0 Å². The number of fused-ring (bicyclic) bond motifs is 1. The van der Waals surface area contributed by atoms with Crippen LogP contribution in [0.15, 0.2) is 0 Å². The molecule has 21 heavy (non-hydrogen) atoms. The molecule has 1 aliphatic heterocycles. The summed E-state index contributed by atoms with van der Waals surface area (Å²) >= 11 is 0. The van der Waals surface area contributed by atoms with E-state index in [2.05, 4.69) is 0 Å². The molecule has 1 aromatic carbocycles. The van der Waals surface area contributed by atoms with Gasteiger partial charge in [0.1, 0.15) is 23.4 Å². The molecule has 0 spiro atoms. The van der Waals surface area contributed by atoms with Gasteiger partial charge in [0, 0.05) is 18.9 Å². The van der Waals surface area contributed by atoms with E-state index in [9.17, 15) is 9.59 Å². The zero-order valence-electron chi connectivity index (χ0n) is 13.3. The summed E-state index contributed by atoms with van der Waals surface area (Å²) in [5, 5.41) is 0. The van der Waals surface area contributed by atoms with Gasteiger partial charge in [0.15, 0.2) is 0 Å². The molecule has 1 heterocycles. The van der Waals surface area contributed by atoms with Gasteiger partial charge in [-0.15, -0.1) is 0 Å². The Morgan fingerprint density at radius 1 is 1.29 bits per heavy atom. The minimum absolute atomic E-state index is 0.317. The van der Waals surface area contributed by atoms with Crippen molar-refractivity contribution in [3.8, 4) is 11.5 Å². The lowest BCUT2D eigenvalue weighted by molar-refractivity contribution is -0.132. The van der Waals surface area contributed by atoms with Crippen molar-refractivity contribution in [3.63, 3.8) is 0 Å². The van der Waals surface area contributed by atoms with Crippen LogP contribution in [0.3, 0.4) is 0 Å². The first-order chi connectivity index (χ1) is 9.79. The van der Waals surface area contributed by atoms with E-state index in [-0.39, 0.29) is 5.97 Å². The maximum Gasteiger partial charge on any atom is 0.308 e. The lowest BCUT2D eigenvalue weighted by Crippen LogP contribution is -2.37. The van der Waals surface area contributed by atoms with Gasteiger partial charge >= 0.3 is 5.97 Å². The highest BCUT2D eigenvalue weighted by Crippen LogP contribution is 2.44. The van der Waals surface area contributed by atoms with Gasteiger partial charge in [-0.1, -0.05) is 0 Å². The normalized spacial score (nSPS) is 20.4. The number of benzene rings is 1. The average molecular weight is 290 g/mol. The molecule has 2 rings (SSSR count). The predicted octanol–water partition coefficient (Wildman–Crippen LogP) is 3.21. The lowest BCUT2D eigenvalue weighted by Gasteiger charge is -2.37. The van der Waals surface area contributed by atoms with Crippen LogP contribution in [-0.4, -0.2) is 17.9 Å². The van der Waals surface area contributed by atoms with E-state index in [0.717, 1.165) is 47.1 Å². The van der Waals surface area contributed by atoms with Crippen LogP contribution in [0.1, 0.15) is 48.9 Å². The highest BCUT2D eigenvalue weighted by Gasteiger charge is 2.34. The molecule has 114 valence electrons. The maximum atomic E-state index is 11.3. The Morgan fingerprint density at radius 3 is 2.52 bits per heavy atom. The number of carbonyl (C=O) groups is 2. The fourth-order valence-corrected chi connectivity index (χ4v) is 2.90. The number of ether oxygens (including phenoxy) is 2. The summed E-state index contributed by atoms with van der Waals surface area (Å²) in [5.74, 6) is 1.17. The first-order valence-corrected chi connectivity index (χ1v) is 7.23. The second kappa shape index (κ2) is 5.51. The van der Waals surface area contributed by atoms with Gasteiger partial charge < -0.3 is 14.3 Å². The summed E-state index contributed by atoms with van der Waals surface area (Å²) < 4.78 is 11.5. The van der Waals surface area contributed by atoms with Crippen LogP contribution in [-0.2, 0) is 16.0 Å². The number of hydrogen-bond donors (Lipinski definition) is 0. The zero-order chi connectivity index (χ0) is 15.8. The van der Waals surface area contributed by atoms with E-state index in [4.69, 9.17) is 9.47 Å². The average Bonchev–Trinajstić information content (AvgIpc) is 2.41. The molecule has 0 radical (unpaired) electrons. The van der Waals surface area contributed by atoms with Crippen LogP contribution < -0.4 is 9.47 Å². The van der Waals surface area contributed by atoms with Crippen molar-refractivity contribution in [2.24, 2.45) is 0 Å². The maximum absolute atomic E-state index is 11.3. The van der Waals surface area contributed by atoms with E-state index in [1.54, 1.807) is 0 Å². The second-order valence-electron chi connectivity index (χ2n) is 6.03. The summed E-state index contributed by atoms with van der Waals surface area (Å²) in [6.45, 7) is 9.22. The van der Waals surface area contributed by atoms with Crippen LogP contribution in [0.5, 0.6) is 11.5 Å². The van der Waals surface area contributed by atoms with Crippen molar-refractivity contribution < 1.29 is 19.1 Å². The van der Waals surface area contributed by atoms with Crippen LogP contribution in [0.4, 0.5) is 0 Å². The highest BCUT2D eigenvalue weighted by atomic mass is 16.5. The number of hydrogen-bond acceptors (Lipinski definition) is 4. The van der Waals surface area contributed by atoms with Crippen molar-refractivity contribution in [1.82, 2.24) is 0 Å². The number of aldehydes is 1. The minimum atomic E-state index is -0.443. The van der Waals surface area contributed by atoms with Crippen molar-refractivity contribution in [2.75, 3.05) is 0 Å². The quantitative estimate of drug-likeness (QED) is 0.487. The predicted molar refractivity (Wildman–Crippen MR) is 80.0 cm³/mol. The Balaban J connectivity index is 2.53. The van der Waals surface area contributed by atoms with Crippen LogP contribution in [0.2, 0.25) is 0 Å². The number of esters is 1. The monoisotopic (exact) mass is 290 g/mol. The van der Waals surface area contributed by atoms with Gasteiger partial charge in [0.05, 0.1) is 0 Å². The molecule has 0 N–H and O–H groups in total. The highest BCUT2D eigenvalue weighted by molar-refractivity contribution is 5.72. The minimum Gasteiger partial charge on any atom is -0.487 e. The molecular weight excluding hydrogens is 268 g/mol. The Labute approximate surface area is 125 Å². The van der Waals surface area contributed by atoms with Crippen LogP contribution in [0.25, 0.3) is 0 Å². The summed E-state index contributed by atoms with van der Waals surface area (Å²) in [5.41, 5.74) is 3.48. The zero-order valence-corrected chi connectivity index (χ0v) is 13.3. The molecule has 0 bridgehead atoms. The van der Waals surface area contributed by atoms with Crippen LogP contribution >= 0.6 is 0 Å². The molecule has 1 aromatic rings. The molecule has 0 saturated heterocycles. The van der Waals surface area contributed by atoms with E-state index in [0.29, 0.717) is 12.2 Å². The lowest BCUT2D eigenvalue weighted by atomic mass is 9.86. The largest absolute Gasteiger partial charge is 0.487 e. The number of rotatable bonds is 3. The molecule has 0 aromatic heterocycles. The summed E-state index contributed by atoms with van der Waals surface area (Å²) in [6, 6.07) is 0. The van der Waals surface area contributed by atoms with Gasteiger partial charge in [0.25, 0.3) is 0 Å². The van der Waals surface area contributed by atoms with Gasteiger partial charge in [-0.25, -0.2) is 0 Å². The summed E-state index contributed by atoms with van der Waals surface area (Å²) in [7, 11) is 0. The molecule has 0 fully saturated rings. The fourth-order valence-electron chi connectivity index (χ4n) is 2.90. The third-order valence-electron chi connectivity index (χ3n) is 4.32. The third kappa shape index (κ3) is 2.80. The summed E-state index contributed by atoms with van der Waals surface area (Å²) in [4.78, 5) is 22.1. The molecule has 0 aliphatic carbocycles. The molecule has 4 heteroatoms. The smallest absolute Gasteiger partial charge is 0.308 e. The molecule has 4 nitrogen and oxygen atoms in total. The molecule has 1 unspecified atom stereocenters. The van der Waals surface area contributed by atoms with E-state index < -0.39 is 5.60 Å². The molecule has 0 saturated carbocycles. The topological polar surface area (TPSA) is 52.6 Å². The first kappa shape index (κ1) is 15.5. The Bertz CT molecular complexity index is 604. The Hall–Kier alpha value is -1.84. The van der Waals surface area contributed by atoms with Gasteiger partial charge in [0.2, 0.25) is 0 Å². The first-order valence-electron chi connectivity index (χ1n) is 7.23. The van der Waals surface area contributed by atoms with Crippen molar-refractivity contribution in [3.05, 3.63) is 22.3 Å². The Kier molecular flexibility index (Phi) is 4.08. The van der Waals surface area contributed by atoms with Crippen molar-refractivity contribution in [1.29, 1.82) is 0 Å². The SMILES string of the molecule is CC(=O)Oc1c(C)c(C)c2c(c1C)CCC(C)(CC=O)O2. The summed E-state index contributed by atoms with van der Waals surface area (Å²) in [6.07, 6.45) is 2.89. The second-order valence-corrected chi connectivity index (χ2v) is 6.03. The van der Waals surface area contributed by atoms with E-state index >= 15 is 0 Å². The Morgan fingerprint density at radius 2 is 1.95 bits per heavy atom. The standard InChI is InChI=1S/C17H22O4/c1-10-11(2)16-14(12(3)15(10)20-13(4)19)6-7-17(5,21-16)8-9-18/h9H,6-8H2,1-5H3. The van der Waals surface area contributed by atoms with Gasteiger partial charge in [-0.3, -0.25) is 4.79 Å².